The summed E-state index contributed by atoms with van der Waals surface area (Å²) in [6.07, 6.45) is 0.310. The molecule has 174 valence electrons. The lowest BCUT2D eigenvalue weighted by molar-refractivity contribution is -0.141. The lowest BCUT2D eigenvalue weighted by atomic mass is 9.63. The first kappa shape index (κ1) is 22.3. The summed E-state index contributed by atoms with van der Waals surface area (Å²) >= 11 is 3.42. The molecule has 9 heteroatoms. The minimum atomic E-state index is -1.80. The number of nitrogens with two attached hydrogens (primary N) is 1. The van der Waals surface area contributed by atoms with Crippen LogP contribution in [0, 0.1) is 5.82 Å². The van der Waals surface area contributed by atoms with Crippen LogP contribution in [-0.2, 0) is 29.3 Å². The van der Waals surface area contributed by atoms with Crippen LogP contribution in [0.3, 0.4) is 0 Å². The number of anilines is 1. The second kappa shape index (κ2) is 8.09. The molecule has 0 saturated heterocycles. The molecule has 3 N–H and O–H groups in total. The van der Waals surface area contributed by atoms with Crippen LogP contribution in [0.2, 0.25) is 0 Å². The minimum absolute atomic E-state index is 0.0468. The molecule has 2 aromatic carbocycles. The molecule has 2 aromatic rings. The van der Waals surface area contributed by atoms with E-state index in [0.717, 1.165) is 5.56 Å². The molecule has 2 heterocycles. The molecule has 2 aliphatic heterocycles. The molecule has 0 fully saturated rings. The number of ketones is 1. The minimum Gasteiger partial charge on any atom is -0.462 e. The molecule has 5 rings (SSSR count). The Labute approximate surface area is 202 Å². The Morgan fingerprint density at radius 3 is 2.68 bits per heavy atom. The number of fused-ring (bicyclic) bond motifs is 3. The molecule has 0 saturated carbocycles. The number of nitrogens with one attached hydrogen (secondary N) is 1. The summed E-state index contributed by atoms with van der Waals surface area (Å²) in [5, 5.41) is 2.79. The molecule has 1 spiro atoms. The van der Waals surface area contributed by atoms with Gasteiger partial charge in [-0.1, -0.05) is 28.1 Å². The predicted octanol–water partition coefficient (Wildman–Crippen LogP) is 3.94. The average Bonchev–Trinajstić information content (AvgIpc) is 3.05. The lowest BCUT2D eigenvalue weighted by Gasteiger charge is -2.40. The van der Waals surface area contributed by atoms with E-state index >= 15 is 0 Å². The maximum Gasteiger partial charge on any atom is 0.341 e. The van der Waals surface area contributed by atoms with Gasteiger partial charge in [-0.25, -0.2) is 9.18 Å². The number of benzene rings is 2. The van der Waals surface area contributed by atoms with Gasteiger partial charge in [-0.05, 0) is 48.7 Å². The Kier molecular flexibility index (Phi) is 5.31. The second-order valence-corrected chi connectivity index (χ2v) is 9.25. The highest BCUT2D eigenvalue weighted by Gasteiger charge is 2.62. The zero-order valence-electron chi connectivity index (χ0n) is 18.1. The van der Waals surface area contributed by atoms with Crippen LogP contribution in [-0.4, -0.2) is 24.3 Å². The van der Waals surface area contributed by atoms with Gasteiger partial charge in [0.15, 0.2) is 5.78 Å². The van der Waals surface area contributed by atoms with Crippen molar-refractivity contribution in [2.45, 2.75) is 31.1 Å². The van der Waals surface area contributed by atoms with Crippen LogP contribution in [0.5, 0.6) is 0 Å². The van der Waals surface area contributed by atoms with Gasteiger partial charge in [-0.3, -0.25) is 9.59 Å². The number of rotatable bonds is 3. The highest BCUT2D eigenvalue weighted by atomic mass is 79.9. The third kappa shape index (κ3) is 3.18. The number of halogens is 2. The third-order valence-electron chi connectivity index (χ3n) is 6.45. The number of carbonyl (C=O) groups excluding carboxylic acids is 3. The van der Waals surface area contributed by atoms with E-state index in [2.05, 4.69) is 21.2 Å². The summed E-state index contributed by atoms with van der Waals surface area (Å²) in [6.45, 7) is 1.68. The number of amides is 1. The average molecular weight is 527 g/mol. The van der Waals surface area contributed by atoms with Crippen LogP contribution >= 0.6 is 15.9 Å². The number of ether oxygens (including phenoxy) is 2. The lowest BCUT2D eigenvalue weighted by Crippen LogP contribution is -2.49. The normalized spacial score (nSPS) is 23.4. The molecule has 1 amide bonds. The fourth-order valence-corrected chi connectivity index (χ4v) is 5.44. The quantitative estimate of drug-likeness (QED) is 0.586. The summed E-state index contributed by atoms with van der Waals surface area (Å²) in [7, 11) is 0. The van der Waals surface area contributed by atoms with E-state index in [1.54, 1.807) is 37.3 Å². The Balaban J connectivity index is 1.73. The summed E-state index contributed by atoms with van der Waals surface area (Å²) in [5.74, 6) is -2.50. The Bertz CT molecular complexity index is 1320. The highest BCUT2D eigenvalue weighted by Crippen LogP contribution is 2.56. The van der Waals surface area contributed by atoms with E-state index in [1.807, 2.05) is 0 Å². The van der Waals surface area contributed by atoms with E-state index in [-0.39, 0.29) is 59.8 Å². The predicted molar refractivity (Wildman–Crippen MR) is 124 cm³/mol. The molecule has 0 radical (unpaired) electrons. The van der Waals surface area contributed by atoms with Crippen molar-refractivity contribution in [2.75, 3.05) is 11.9 Å². The van der Waals surface area contributed by atoms with E-state index in [1.165, 1.54) is 12.1 Å². The first-order chi connectivity index (χ1) is 16.3. The molecule has 3 aliphatic rings. The van der Waals surface area contributed by atoms with Crippen LogP contribution in [0.1, 0.15) is 36.8 Å². The third-order valence-corrected chi connectivity index (χ3v) is 6.94. The van der Waals surface area contributed by atoms with Gasteiger partial charge in [0.25, 0.3) is 0 Å². The van der Waals surface area contributed by atoms with Crippen LogP contribution in [0.4, 0.5) is 10.1 Å². The summed E-state index contributed by atoms with van der Waals surface area (Å²) in [6, 6.07) is 11.0. The second-order valence-electron chi connectivity index (χ2n) is 8.33. The van der Waals surface area contributed by atoms with Gasteiger partial charge in [-0.2, -0.15) is 0 Å². The standard InChI is InChI=1S/C25H20BrFN2O5/c1-2-33-23(31)21-22(28)34-19-10-13(12-3-6-15(27)7-4-12)9-18(30)20(19)25(21)16-11-14(26)5-8-17(16)29-24(25)32/h3-8,11,13H,2,9-10,28H2,1H3,(H,29,32)/t13-,25-/m1/s1. The largest absolute Gasteiger partial charge is 0.462 e. The smallest absolute Gasteiger partial charge is 0.341 e. The molecule has 0 bridgehead atoms. The molecule has 2 atom stereocenters. The van der Waals surface area contributed by atoms with Crippen molar-refractivity contribution < 1.29 is 28.2 Å². The SMILES string of the molecule is CCOC(=O)C1=C(N)OC2=C(C(=O)C[C@@H](c3ccc(F)cc3)C2)[C@@]12C(=O)Nc1ccc(Br)cc12. The molecule has 1 aliphatic carbocycles. The molecule has 0 aromatic heterocycles. The van der Waals surface area contributed by atoms with Crippen molar-refractivity contribution in [3.63, 3.8) is 0 Å². The van der Waals surface area contributed by atoms with E-state index in [4.69, 9.17) is 15.2 Å². The van der Waals surface area contributed by atoms with Gasteiger partial charge < -0.3 is 20.5 Å². The van der Waals surface area contributed by atoms with Crippen LogP contribution in [0.25, 0.3) is 0 Å². The van der Waals surface area contributed by atoms with E-state index < -0.39 is 17.3 Å². The van der Waals surface area contributed by atoms with Crippen LogP contribution in [0.15, 0.2) is 69.7 Å². The number of hydrogen-bond acceptors (Lipinski definition) is 6. The maximum atomic E-state index is 13.7. The van der Waals surface area contributed by atoms with E-state index in [9.17, 15) is 18.8 Å². The van der Waals surface area contributed by atoms with Gasteiger partial charge in [0.05, 0.1) is 12.2 Å². The number of esters is 1. The Morgan fingerprint density at radius 2 is 1.97 bits per heavy atom. The number of hydrogen-bond donors (Lipinski definition) is 2. The van der Waals surface area contributed by atoms with Crippen molar-refractivity contribution >= 4 is 39.3 Å². The first-order valence-corrected chi connectivity index (χ1v) is 11.6. The van der Waals surface area contributed by atoms with Gasteiger partial charge in [0, 0.05) is 28.6 Å². The van der Waals surface area contributed by atoms with Crippen LogP contribution < -0.4 is 11.1 Å². The van der Waals surface area contributed by atoms with Crippen molar-refractivity contribution in [1.82, 2.24) is 0 Å². The summed E-state index contributed by atoms with van der Waals surface area (Å²) in [5.41, 5.74) is 5.96. The van der Waals surface area contributed by atoms with Crippen molar-refractivity contribution in [3.05, 3.63) is 86.7 Å². The summed E-state index contributed by atoms with van der Waals surface area (Å²) in [4.78, 5) is 40.5. The number of allylic oxidation sites excluding steroid dienone is 1. The molecule has 0 unspecified atom stereocenters. The van der Waals surface area contributed by atoms with Gasteiger partial charge >= 0.3 is 5.97 Å². The molecule has 34 heavy (non-hydrogen) atoms. The van der Waals surface area contributed by atoms with Crippen molar-refractivity contribution in [1.29, 1.82) is 0 Å². The highest BCUT2D eigenvalue weighted by molar-refractivity contribution is 9.10. The fourth-order valence-electron chi connectivity index (χ4n) is 5.08. The zero-order chi connectivity index (χ0) is 24.2. The number of carbonyl (C=O) groups is 3. The van der Waals surface area contributed by atoms with Crippen molar-refractivity contribution in [2.24, 2.45) is 5.73 Å². The Hall–Kier alpha value is -3.46. The van der Waals surface area contributed by atoms with Gasteiger partial charge in [0.1, 0.15) is 22.6 Å². The monoisotopic (exact) mass is 526 g/mol. The van der Waals surface area contributed by atoms with E-state index in [0.29, 0.717) is 15.7 Å². The summed E-state index contributed by atoms with van der Waals surface area (Å²) < 4.78 is 25.2. The van der Waals surface area contributed by atoms with Crippen molar-refractivity contribution in [3.8, 4) is 0 Å². The maximum absolute atomic E-state index is 13.7. The molecule has 7 nitrogen and oxygen atoms in total. The zero-order valence-corrected chi connectivity index (χ0v) is 19.7. The van der Waals surface area contributed by atoms with Gasteiger partial charge in [-0.15, -0.1) is 0 Å². The fraction of sp³-hybridized carbons (Fsp3) is 0.240. The topological polar surface area (TPSA) is 108 Å². The van der Waals surface area contributed by atoms with Gasteiger partial charge in [0.2, 0.25) is 11.8 Å². The Morgan fingerprint density at radius 1 is 1.24 bits per heavy atom. The molecular weight excluding hydrogens is 507 g/mol. The number of Topliss-reactive ketones (excluding diaryl/α,β-unsaturated/α-hetero) is 1. The first-order valence-electron chi connectivity index (χ1n) is 10.8. The molecular formula is C25H20BrFN2O5.